The average Bonchev–Trinajstić information content (AvgIpc) is 2.03. The van der Waals surface area contributed by atoms with Gasteiger partial charge in [-0.15, -0.1) is 24.1 Å². The third kappa shape index (κ3) is 3.39. The van der Waals surface area contributed by atoms with Gasteiger partial charge in [0, 0.05) is 22.8 Å². The Kier molecular flexibility index (Phi) is 3.66. The minimum Gasteiger partial charge on any atom is -0.399 e. The second-order valence-electron chi connectivity index (χ2n) is 2.52. The normalized spacial score (nSPS) is 9.54. The van der Waals surface area contributed by atoms with Crippen LogP contribution in [0.2, 0.25) is 0 Å². The summed E-state index contributed by atoms with van der Waals surface area (Å²) in [6.07, 6.45) is 5.77. The molecule has 0 radical (unpaired) electrons. The number of anilines is 1. The van der Waals surface area contributed by atoms with Crippen molar-refractivity contribution in [1.29, 1.82) is 0 Å². The molecule has 1 nitrogen and oxygen atoms in total. The monoisotopic (exact) mass is 195 g/mol. The first-order chi connectivity index (χ1) is 6.22. The molecule has 2 N–H and O–H groups in total. The number of rotatable bonds is 3. The molecular formula is C10H10FNS. The summed E-state index contributed by atoms with van der Waals surface area (Å²) in [6.45, 7) is 0. The summed E-state index contributed by atoms with van der Waals surface area (Å²) in [6, 6.07) is 4.49. The number of hydrogen-bond acceptors (Lipinski definition) is 2. The Morgan fingerprint density at radius 1 is 1.46 bits per heavy atom. The molecule has 3 heteroatoms. The molecule has 68 valence electrons. The van der Waals surface area contributed by atoms with E-state index in [1.807, 2.05) is 0 Å². The maximum Gasteiger partial charge on any atom is 0.126 e. The molecule has 0 bridgehead atoms. The summed E-state index contributed by atoms with van der Waals surface area (Å²) in [5.74, 6) is 3.01. The molecule has 1 rings (SSSR count). The SMILES string of the molecule is C#CCCSc1cc(N)cc(F)c1. The van der Waals surface area contributed by atoms with Crippen molar-refractivity contribution >= 4 is 17.4 Å². The van der Waals surface area contributed by atoms with E-state index < -0.39 is 0 Å². The molecule has 13 heavy (non-hydrogen) atoms. The predicted octanol–water partition coefficient (Wildman–Crippen LogP) is 2.52. The summed E-state index contributed by atoms with van der Waals surface area (Å²) in [7, 11) is 0. The summed E-state index contributed by atoms with van der Waals surface area (Å²) < 4.78 is 12.8. The number of nitrogens with two attached hydrogens (primary N) is 1. The van der Waals surface area contributed by atoms with Crippen molar-refractivity contribution in [2.75, 3.05) is 11.5 Å². The van der Waals surface area contributed by atoms with Crippen molar-refractivity contribution < 1.29 is 4.39 Å². The quantitative estimate of drug-likeness (QED) is 0.347. The zero-order valence-corrected chi connectivity index (χ0v) is 7.90. The number of nitrogen functional groups attached to an aromatic ring is 1. The van der Waals surface area contributed by atoms with E-state index >= 15 is 0 Å². The molecule has 0 amide bonds. The fourth-order valence-corrected chi connectivity index (χ4v) is 1.77. The van der Waals surface area contributed by atoms with E-state index in [0.717, 1.165) is 10.6 Å². The van der Waals surface area contributed by atoms with Gasteiger partial charge in [-0.2, -0.15) is 0 Å². The van der Waals surface area contributed by atoms with E-state index in [1.165, 1.54) is 23.9 Å². The molecule has 0 spiro atoms. The number of halogens is 1. The number of hydrogen-bond donors (Lipinski definition) is 1. The molecule has 0 unspecified atom stereocenters. The standard InChI is InChI=1S/C10H10FNS/c1-2-3-4-13-10-6-8(11)5-9(12)7-10/h1,5-7H,3-4,12H2. The van der Waals surface area contributed by atoms with Gasteiger partial charge in [-0.3, -0.25) is 0 Å². The van der Waals surface area contributed by atoms with Gasteiger partial charge in [0.15, 0.2) is 0 Å². The van der Waals surface area contributed by atoms with Crippen molar-refractivity contribution in [1.82, 2.24) is 0 Å². The van der Waals surface area contributed by atoms with Crippen LogP contribution in [0.4, 0.5) is 10.1 Å². The minimum absolute atomic E-state index is 0.303. The van der Waals surface area contributed by atoms with Gasteiger partial charge >= 0.3 is 0 Å². The summed E-state index contributed by atoms with van der Waals surface area (Å²) >= 11 is 1.51. The smallest absolute Gasteiger partial charge is 0.126 e. The van der Waals surface area contributed by atoms with E-state index in [-0.39, 0.29) is 5.82 Å². The first-order valence-corrected chi connectivity index (χ1v) is 4.83. The van der Waals surface area contributed by atoms with Crippen molar-refractivity contribution in [3.8, 4) is 12.3 Å². The first-order valence-electron chi connectivity index (χ1n) is 3.84. The Balaban J connectivity index is 2.62. The number of thioether (sulfide) groups is 1. The molecule has 0 aliphatic heterocycles. The maximum atomic E-state index is 12.8. The lowest BCUT2D eigenvalue weighted by Crippen LogP contribution is -1.87. The topological polar surface area (TPSA) is 26.0 Å². The Morgan fingerprint density at radius 3 is 2.85 bits per heavy atom. The van der Waals surface area contributed by atoms with Crippen molar-refractivity contribution in [2.45, 2.75) is 11.3 Å². The summed E-state index contributed by atoms with van der Waals surface area (Å²) in [5, 5.41) is 0. The van der Waals surface area contributed by atoms with Gasteiger partial charge in [0.25, 0.3) is 0 Å². The molecule has 1 aromatic carbocycles. The van der Waals surface area contributed by atoms with Crippen molar-refractivity contribution in [2.24, 2.45) is 0 Å². The number of terminal acetylenes is 1. The second-order valence-corrected chi connectivity index (χ2v) is 3.69. The van der Waals surface area contributed by atoms with Gasteiger partial charge in [0.1, 0.15) is 5.82 Å². The van der Waals surface area contributed by atoms with Gasteiger partial charge in [-0.1, -0.05) is 0 Å². The zero-order valence-electron chi connectivity index (χ0n) is 7.09. The van der Waals surface area contributed by atoms with Gasteiger partial charge in [-0.05, 0) is 18.2 Å². The summed E-state index contributed by atoms with van der Waals surface area (Å²) in [5.41, 5.74) is 5.92. The highest BCUT2D eigenvalue weighted by Gasteiger charge is 1.98. The molecule has 0 heterocycles. The van der Waals surface area contributed by atoms with Gasteiger partial charge in [-0.25, -0.2) is 4.39 Å². The van der Waals surface area contributed by atoms with Crippen LogP contribution >= 0.6 is 11.8 Å². The van der Waals surface area contributed by atoms with Crippen LogP contribution in [0.25, 0.3) is 0 Å². The van der Waals surface area contributed by atoms with E-state index in [1.54, 1.807) is 6.07 Å². The highest BCUT2D eigenvalue weighted by molar-refractivity contribution is 7.99. The summed E-state index contributed by atoms with van der Waals surface area (Å²) in [4.78, 5) is 0.827. The molecule has 0 aliphatic rings. The highest BCUT2D eigenvalue weighted by atomic mass is 32.2. The second kappa shape index (κ2) is 4.78. The molecular weight excluding hydrogens is 185 g/mol. The van der Waals surface area contributed by atoms with Gasteiger partial charge < -0.3 is 5.73 Å². The molecule has 0 aromatic heterocycles. The fraction of sp³-hybridized carbons (Fsp3) is 0.200. The minimum atomic E-state index is -0.303. The van der Waals surface area contributed by atoms with Crippen LogP contribution in [-0.4, -0.2) is 5.75 Å². The maximum absolute atomic E-state index is 12.8. The van der Waals surface area contributed by atoms with Crippen molar-refractivity contribution in [3.63, 3.8) is 0 Å². The molecule has 0 atom stereocenters. The highest BCUT2D eigenvalue weighted by Crippen LogP contribution is 2.22. The van der Waals surface area contributed by atoms with E-state index in [2.05, 4.69) is 5.92 Å². The van der Waals surface area contributed by atoms with Crippen LogP contribution in [0.15, 0.2) is 23.1 Å². The Hall–Kier alpha value is -1.14. The third-order valence-corrected chi connectivity index (χ3v) is 2.39. The molecule has 0 fully saturated rings. The largest absolute Gasteiger partial charge is 0.399 e. The molecule has 0 aliphatic carbocycles. The van der Waals surface area contributed by atoms with Crippen LogP contribution in [0.1, 0.15) is 6.42 Å². The molecule has 0 saturated carbocycles. The van der Waals surface area contributed by atoms with Crippen LogP contribution in [0.5, 0.6) is 0 Å². The lowest BCUT2D eigenvalue weighted by atomic mass is 10.3. The molecule has 0 saturated heterocycles. The Bertz CT molecular complexity index is 310. The lowest BCUT2D eigenvalue weighted by Gasteiger charge is -2.00. The van der Waals surface area contributed by atoms with E-state index in [0.29, 0.717) is 12.1 Å². The Labute approximate surface area is 81.5 Å². The van der Waals surface area contributed by atoms with E-state index in [9.17, 15) is 4.39 Å². The van der Waals surface area contributed by atoms with Crippen molar-refractivity contribution in [3.05, 3.63) is 24.0 Å². The zero-order chi connectivity index (χ0) is 9.68. The first kappa shape index (κ1) is 9.94. The van der Waals surface area contributed by atoms with Crippen LogP contribution in [0.3, 0.4) is 0 Å². The van der Waals surface area contributed by atoms with Crippen LogP contribution < -0.4 is 5.73 Å². The van der Waals surface area contributed by atoms with Crippen LogP contribution in [0, 0.1) is 18.2 Å². The van der Waals surface area contributed by atoms with Gasteiger partial charge in [0.05, 0.1) is 0 Å². The Morgan fingerprint density at radius 2 is 2.23 bits per heavy atom. The number of benzene rings is 1. The van der Waals surface area contributed by atoms with Gasteiger partial charge in [0.2, 0.25) is 0 Å². The molecule has 1 aromatic rings. The fourth-order valence-electron chi connectivity index (χ4n) is 0.896. The average molecular weight is 195 g/mol. The third-order valence-electron chi connectivity index (χ3n) is 1.41. The lowest BCUT2D eigenvalue weighted by molar-refractivity contribution is 0.625. The predicted molar refractivity (Wildman–Crippen MR) is 55.0 cm³/mol. The van der Waals surface area contributed by atoms with E-state index in [4.69, 9.17) is 12.2 Å². The van der Waals surface area contributed by atoms with Crippen LogP contribution in [-0.2, 0) is 0 Å².